The van der Waals surface area contributed by atoms with Crippen molar-refractivity contribution in [2.45, 2.75) is 31.4 Å². The highest BCUT2D eigenvalue weighted by Gasteiger charge is 2.40. The van der Waals surface area contributed by atoms with E-state index in [9.17, 15) is 4.79 Å². The van der Waals surface area contributed by atoms with Crippen LogP contribution in [-0.4, -0.2) is 62.0 Å². The maximum Gasteiger partial charge on any atom is 0.322 e. The number of carbonyl (C=O) groups excluding carboxylic acids is 1. The van der Waals surface area contributed by atoms with Crippen LogP contribution in [0.5, 0.6) is 5.75 Å². The number of urea groups is 1. The first-order valence-electron chi connectivity index (χ1n) is 9.83. The summed E-state index contributed by atoms with van der Waals surface area (Å²) in [5, 5.41) is 3.94. The van der Waals surface area contributed by atoms with Crippen molar-refractivity contribution in [1.82, 2.24) is 9.88 Å². The van der Waals surface area contributed by atoms with Gasteiger partial charge in [0.25, 0.3) is 0 Å². The Morgan fingerprint density at radius 1 is 1.29 bits per heavy atom. The lowest BCUT2D eigenvalue weighted by atomic mass is 9.94. The van der Waals surface area contributed by atoms with Crippen molar-refractivity contribution >= 4 is 22.6 Å². The molecule has 7 heteroatoms. The van der Waals surface area contributed by atoms with E-state index in [0.717, 1.165) is 35.9 Å². The standard InChI is InChI=1S/C21H27N3O4/c1-26-18-7-3-5-15(18)17-13-28-12-11-24(17)21(25)23-16-8-9-19(27-2)20-14(16)6-4-10-22-20/h4,6,8-10,15,17-18H,3,5,7,11-13H2,1-2H3,(H,23,25). The predicted molar refractivity (Wildman–Crippen MR) is 107 cm³/mol. The molecular weight excluding hydrogens is 358 g/mol. The molecule has 0 bridgehead atoms. The van der Waals surface area contributed by atoms with Crippen molar-refractivity contribution < 1.29 is 19.0 Å². The number of nitrogens with one attached hydrogen (secondary N) is 1. The van der Waals surface area contributed by atoms with Gasteiger partial charge in [-0.2, -0.15) is 0 Å². The predicted octanol–water partition coefficient (Wildman–Crippen LogP) is 3.29. The van der Waals surface area contributed by atoms with Crippen LogP contribution < -0.4 is 10.1 Å². The number of ether oxygens (including phenoxy) is 3. The van der Waals surface area contributed by atoms with Crippen LogP contribution in [0.1, 0.15) is 19.3 Å². The fourth-order valence-corrected chi connectivity index (χ4v) is 4.52. The maximum absolute atomic E-state index is 13.2. The Bertz CT molecular complexity index is 844. The molecule has 1 aromatic heterocycles. The van der Waals surface area contributed by atoms with E-state index in [2.05, 4.69) is 10.3 Å². The van der Waals surface area contributed by atoms with E-state index in [1.807, 2.05) is 29.2 Å². The summed E-state index contributed by atoms with van der Waals surface area (Å²) in [5.41, 5.74) is 1.46. The highest BCUT2D eigenvalue weighted by molar-refractivity contribution is 6.02. The molecule has 2 fully saturated rings. The molecular formula is C21H27N3O4. The number of morpholine rings is 1. The van der Waals surface area contributed by atoms with Crippen LogP contribution in [0.4, 0.5) is 10.5 Å². The van der Waals surface area contributed by atoms with E-state index in [-0.39, 0.29) is 18.2 Å². The van der Waals surface area contributed by atoms with Crippen molar-refractivity contribution in [3.8, 4) is 5.75 Å². The van der Waals surface area contributed by atoms with Gasteiger partial charge in [0.2, 0.25) is 0 Å². The molecule has 3 atom stereocenters. The molecule has 0 spiro atoms. The van der Waals surface area contributed by atoms with Crippen molar-refractivity contribution in [2.24, 2.45) is 5.92 Å². The van der Waals surface area contributed by atoms with E-state index < -0.39 is 0 Å². The highest BCUT2D eigenvalue weighted by Crippen LogP contribution is 2.35. The molecule has 2 heterocycles. The van der Waals surface area contributed by atoms with Gasteiger partial charge in [0.15, 0.2) is 0 Å². The molecule has 7 nitrogen and oxygen atoms in total. The highest BCUT2D eigenvalue weighted by atomic mass is 16.5. The Labute approximate surface area is 165 Å². The third-order valence-corrected chi connectivity index (χ3v) is 5.92. The number of hydrogen-bond donors (Lipinski definition) is 1. The fourth-order valence-electron chi connectivity index (χ4n) is 4.52. The van der Waals surface area contributed by atoms with Crippen LogP contribution in [0.25, 0.3) is 10.9 Å². The maximum atomic E-state index is 13.2. The monoisotopic (exact) mass is 385 g/mol. The Morgan fingerprint density at radius 3 is 3.00 bits per heavy atom. The fraction of sp³-hybridized carbons (Fsp3) is 0.524. The molecule has 1 saturated heterocycles. The zero-order chi connectivity index (χ0) is 19.5. The number of pyridine rings is 1. The molecule has 0 radical (unpaired) electrons. The van der Waals surface area contributed by atoms with Crippen molar-refractivity contribution in [1.29, 1.82) is 0 Å². The van der Waals surface area contributed by atoms with E-state index >= 15 is 0 Å². The van der Waals surface area contributed by atoms with Gasteiger partial charge in [-0.3, -0.25) is 4.98 Å². The summed E-state index contributed by atoms with van der Waals surface area (Å²) in [5.74, 6) is 0.997. The Hall–Kier alpha value is -2.38. The Balaban J connectivity index is 1.58. The topological polar surface area (TPSA) is 72.9 Å². The number of aromatic nitrogens is 1. The van der Waals surface area contributed by atoms with Crippen LogP contribution in [-0.2, 0) is 9.47 Å². The second-order valence-corrected chi connectivity index (χ2v) is 7.35. The van der Waals surface area contributed by atoms with Gasteiger partial charge in [-0.1, -0.05) is 6.42 Å². The van der Waals surface area contributed by atoms with Gasteiger partial charge in [0.05, 0.1) is 38.2 Å². The number of anilines is 1. The van der Waals surface area contributed by atoms with E-state index in [0.29, 0.717) is 31.4 Å². The third-order valence-electron chi connectivity index (χ3n) is 5.92. The smallest absolute Gasteiger partial charge is 0.322 e. The van der Waals surface area contributed by atoms with Gasteiger partial charge in [-0.15, -0.1) is 0 Å². The molecule has 1 aliphatic heterocycles. The molecule has 2 aromatic rings. The number of benzene rings is 1. The minimum absolute atomic E-state index is 0.0313. The molecule has 4 rings (SSSR count). The summed E-state index contributed by atoms with van der Waals surface area (Å²) in [6.45, 7) is 1.69. The van der Waals surface area contributed by atoms with Crippen LogP contribution in [0.15, 0.2) is 30.5 Å². The van der Waals surface area contributed by atoms with Gasteiger partial charge in [-0.05, 0) is 37.1 Å². The van der Waals surface area contributed by atoms with Crippen molar-refractivity contribution in [3.63, 3.8) is 0 Å². The zero-order valence-corrected chi connectivity index (χ0v) is 16.4. The van der Waals surface area contributed by atoms with Gasteiger partial charge in [0, 0.05) is 31.2 Å². The SMILES string of the molecule is COc1ccc(NC(=O)N2CCOCC2C2CCCC2OC)c2cccnc12. The normalized spacial score (nSPS) is 25.1. The van der Waals surface area contributed by atoms with Crippen molar-refractivity contribution in [2.75, 3.05) is 39.3 Å². The lowest BCUT2D eigenvalue weighted by molar-refractivity contribution is -0.0379. The third kappa shape index (κ3) is 3.52. The van der Waals surface area contributed by atoms with Crippen LogP contribution in [0, 0.1) is 5.92 Å². The summed E-state index contributed by atoms with van der Waals surface area (Å²) in [4.78, 5) is 19.5. The summed E-state index contributed by atoms with van der Waals surface area (Å²) in [7, 11) is 3.38. The molecule has 2 aliphatic rings. The van der Waals surface area contributed by atoms with Gasteiger partial charge < -0.3 is 24.4 Å². The molecule has 28 heavy (non-hydrogen) atoms. The average molecular weight is 385 g/mol. The summed E-state index contributed by atoms with van der Waals surface area (Å²) >= 11 is 0. The van der Waals surface area contributed by atoms with E-state index in [1.54, 1.807) is 20.4 Å². The summed E-state index contributed by atoms with van der Waals surface area (Å²) in [6.07, 6.45) is 5.14. The largest absolute Gasteiger partial charge is 0.494 e. The first kappa shape index (κ1) is 19.0. The van der Waals surface area contributed by atoms with Crippen LogP contribution >= 0.6 is 0 Å². The van der Waals surface area contributed by atoms with E-state index in [4.69, 9.17) is 14.2 Å². The first-order valence-corrected chi connectivity index (χ1v) is 9.83. The minimum Gasteiger partial charge on any atom is -0.494 e. The van der Waals surface area contributed by atoms with Gasteiger partial charge in [0.1, 0.15) is 11.3 Å². The number of carbonyl (C=O) groups is 1. The van der Waals surface area contributed by atoms with Gasteiger partial charge >= 0.3 is 6.03 Å². The molecule has 150 valence electrons. The number of rotatable bonds is 4. The average Bonchev–Trinajstić information content (AvgIpc) is 3.22. The second-order valence-electron chi connectivity index (χ2n) is 7.35. The minimum atomic E-state index is -0.106. The molecule has 1 aliphatic carbocycles. The quantitative estimate of drug-likeness (QED) is 0.874. The molecule has 1 aromatic carbocycles. The second kappa shape index (κ2) is 8.32. The molecule has 2 amide bonds. The number of nitrogens with zero attached hydrogens (tertiary/aromatic N) is 2. The summed E-state index contributed by atoms with van der Waals surface area (Å²) < 4.78 is 16.8. The van der Waals surface area contributed by atoms with Gasteiger partial charge in [-0.25, -0.2) is 4.79 Å². The first-order chi connectivity index (χ1) is 13.7. The Morgan fingerprint density at radius 2 is 2.18 bits per heavy atom. The van der Waals surface area contributed by atoms with Crippen LogP contribution in [0.3, 0.4) is 0 Å². The number of fused-ring (bicyclic) bond motifs is 1. The summed E-state index contributed by atoms with van der Waals surface area (Å²) in [6, 6.07) is 7.42. The number of hydrogen-bond acceptors (Lipinski definition) is 5. The van der Waals surface area contributed by atoms with Crippen LogP contribution in [0.2, 0.25) is 0 Å². The molecule has 3 unspecified atom stereocenters. The zero-order valence-electron chi connectivity index (χ0n) is 16.4. The van der Waals surface area contributed by atoms with Crippen molar-refractivity contribution in [3.05, 3.63) is 30.5 Å². The molecule has 1 N–H and O–H groups in total. The lowest BCUT2D eigenvalue weighted by Crippen LogP contribution is -2.55. The number of amides is 2. The molecule has 1 saturated carbocycles. The number of methoxy groups -OCH3 is 2. The lowest BCUT2D eigenvalue weighted by Gasteiger charge is -2.40. The Kier molecular flexibility index (Phi) is 5.64. The van der Waals surface area contributed by atoms with E-state index in [1.165, 1.54) is 0 Å².